The van der Waals surface area contributed by atoms with Gasteiger partial charge in [0.05, 0.1) is 43.1 Å². The molecule has 40 heavy (non-hydrogen) atoms. The van der Waals surface area contributed by atoms with Gasteiger partial charge < -0.3 is 14.6 Å². The van der Waals surface area contributed by atoms with Crippen molar-refractivity contribution in [3.63, 3.8) is 0 Å². The molecule has 6 atom stereocenters. The molecule has 0 spiro atoms. The summed E-state index contributed by atoms with van der Waals surface area (Å²) in [5, 5.41) is 11.2. The largest absolute Gasteiger partial charge is 0.508 e. The Balaban J connectivity index is 1.53. The van der Waals surface area contributed by atoms with Crippen LogP contribution in [0.2, 0.25) is 0 Å². The van der Waals surface area contributed by atoms with Gasteiger partial charge >= 0.3 is 6.09 Å². The van der Waals surface area contributed by atoms with Gasteiger partial charge in [0.2, 0.25) is 23.6 Å². The van der Waals surface area contributed by atoms with Crippen molar-refractivity contribution in [1.29, 1.82) is 0 Å². The van der Waals surface area contributed by atoms with Crippen LogP contribution in [0.15, 0.2) is 60.2 Å². The second-order valence-electron chi connectivity index (χ2n) is 10.9. The molecule has 2 heterocycles. The van der Waals surface area contributed by atoms with E-state index in [0.29, 0.717) is 27.5 Å². The third kappa shape index (κ3) is 3.31. The second kappa shape index (κ2) is 9.04. The fourth-order valence-corrected chi connectivity index (χ4v) is 7.35. The number of rotatable bonds is 3. The third-order valence-corrected chi connectivity index (χ3v) is 9.19. The van der Waals surface area contributed by atoms with Crippen molar-refractivity contribution in [3.05, 3.63) is 65.7 Å². The number of hydrogen-bond donors (Lipinski definition) is 1. The van der Waals surface area contributed by atoms with Gasteiger partial charge in [-0.2, -0.15) is 4.90 Å². The van der Waals surface area contributed by atoms with Crippen LogP contribution in [0.1, 0.15) is 31.2 Å². The molecule has 0 radical (unpaired) electrons. The Morgan fingerprint density at radius 2 is 1.70 bits per heavy atom. The number of imide groups is 4. The number of likely N-dealkylation sites (tertiary alicyclic amines) is 1. The topological polar surface area (TPSA) is 131 Å². The summed E-state index contributed by atoms with van der Waals surface area (Å²) in [6, 6.07) is 13.4. The Bertz CT molecular complexity index is 1500. The van der Waals surface area contributed by atoms with Crippen LogP contribution in [0.4, 0.5) is 10.5 Å². The van der Waals surface area contributed by atoms with E-state index in [-0.39, 0.29) is 18.6 Å². The number of hydrogen-bond acceptors (Lipinski definition) is 8. The average molecular weight is 545 g/mol. The van der Waals surface area contributed by atoms with Crippen molar-refractivity contribution in [3.8, 4) is 11.5 Å². The molecule has 0 unspecified atom stereocenters. The molecule has 206 valence electrons. The molecule has 0 aromatic heterocycles. The highest BCUT2D eigenvalue weighted by Crippen LogP contribution is 2.64. The Labute approximate surface area is 230 Å². The molecule has 2 aromatic carbocycles. The molecule has 10 heteroatoms. The second-order valence-corrected chi connectivity index (χ2v) is 10.9. The van der Waals surface area contributed by atoms with Crippen molar-refractivity contribution in [1.82, 2.24) is 4.90 Å². The Morgan fingerprint density at radius 1 is 0.975 bits per heavy atom. The van der Waals surface area contributed by atoms with Crippen LogP contribution in [-0.2, 0) is 23.9 Å². The minimum atomic E-state index is -1.29. The van der Waals surface area contributed by atoms with E-state index in [1.165, 1.54) is 18.1 Å². The predicted molar refractivity (Wildman–Crippen MR) is 140 cm³/mol. The van der Waals surface area contributed by atoms with Gasteiger partial charge in [-0.1, -0.05) is 35.9 Å². The lowest BCUT2D eigenvalue weighted by molar-refractivity contribution is -0.138. The molecule has 0 bridgehead atoms. The molecule has 3 fully saturated rings. The summed E-state index contributed by atoms with van der Waals surface area (Å²) in [5.41, 5.74) is 0.261. The highest BCUT2D eigenvalue weighted by atomic mass is 16.5. The maximum absolute atomic E-state index is 14.3. The summed E-state index contributed by atoms with van der Waals surface area (Å²) in [6.07, 6.45) is 1.11. The van der Waals surface area contributed by atoms with Crippen LogP contribution < -0.4 is 9.64 Å². The minimum Gasteiger partial charge on any atom is -0.508 e. The average Bonchev–Trinajstić information content (AvgIpc) is 3.33. The van der Waals surface area contributed by atoms with E-state index in [4.69, 9.17) is 9.47 Å². The molecular formula is C30H28N2O8. The standard InChI is InChI=1S/C30H28N2O8/c1-30-21(26(35)31(28(30)37)15-7-5-4-6-8-15)14-20-17(24(30)18-10-9-16(39-2)13-22(18)33)11-12-19-23(20)27(36)32(25(19)34)29(38)40-3/h4-11,13,19-21,23-24,33H,12,14H2,1-3H3/t19-,20+,21-,23-,24+,30+/m0/s1. The summed E-state index contributed by atoms with van der Waals surface area (Å²) in [6.45, 7) is 1.74. The fourth-order valence-electron chi connectivity index (χ4n) is 7.35. The first-order valence-electron chi connectivity index (χ1n) is 13.1. The smallest absolute Gasteiger partial charge is 0.423 e. The molecule has 2 aliphatic heterocycles. The Kier molecular flexibility index (Phi) is 5.83. The molecule has 6 rings (SSSR count). The molecule has 2 aromatic rings. The van der Waals surface area contributed by atoms with Crippen molar-refractivity contribution < 1.29 is 38.6 Å². The van der Waals surface area contributed by atoms with E-state index in [1.54, 1.807) is 49.4 Å². The normalized spacial score (nSPS) is 31.0. The lowest BCUT2D eigenvalue weighted by atomic mass is 9.51. The molecule has 2 saturated heterocycles. The molecule has 2 aliphatic carbocycles. The van der Waals surface area contributed by atoms with Crippen molar-refractivity contribution >= 4 is 35.4 Å². The zero-order chi connectivity index (χ0) is 28.5. The van der Waals surface area contributed by atoms with E-state index < -0.39 is 64.7 Å². The number of allylic oxidation sites excluding steroid dienone is 2. The number of fused-ring (bicyclic) bond motifs is 4. The van der Waals surface area contributed by atoms with Gasteiger partial charge in [-0.05, 0) is 43.9 Å². The minimum absolute atomic E-state index is 0.114. The van der Waals surface area contributed by atoms with Crippen LogP contribution in [0.25, 0.3) is 0 Å². The molecule has 4 aliphatic rings. The van der Waals surface area contributed by atoms with Gasteiger partial charge in [0, 0.05) is 17.5 Å². The first-order valence-corrected chi connectivity index (χ1v) is 13.1. The van der Waals surface area contributed by atoms with Crippen LogP contribution in [0, 0.1) is 29.1 Å². The maximum Gasteiger partial charge on any atom is 0.423 e. The van der Waals surface area contributed by atoms with Crippen molar-refractivity contribution in [2.75, 3.05) is 19.1 Å². The van der Waals surface area contributed by atoms with E-state index in [2.05, 4.69) is 0 Å². The Morgan fingerprint density at radius 3 is 2.35 bits per heavy atom. The zero-order valence-corrected chi connectivity index (χ0v) is 22.2. The van der Waals surface area contributed by atoms with Gasteiger partial charge in [0.25, 0.3) is 0 Å². The number of ether oxygens (including phenoxy) is 2. The SMILES string of the molecule is COC(=O)N1C(=O)[C@H]2[C@H](CC=C3[C@H]2C[C@H]2C(=O)N(c4ccccc4)C(=O)[C@@]2(C)[C@H]3c2ccc(OC)cc2O)C1=O. The predicted octanol–water partition coefficient (Wildman–Crippen LogP) is 3.40. The number of anilines is 1. The number of benzene rings is 2. The number of carbonyl (C=O) groups excluding carboxylic acids is 5. The van der Waals surface area contributed by atoms with Gasteiger partial charge in [0.1, 0.15) is 11.5 Å². The highest BCUT2D eigenvalue weighted by Gasteiger charge is 2.68. The lowest BCUT2D eigenvalue weighted by Crippen LogP contribution is -2.49. The number of para-hydroxylation sites is 1. The van der Waals surface area contributed by atoms with Crippen LogP contribution in [0.5, 0.6) is 11.5 Å². The molecule has 1 saturated carbocycles. The third-order valence-electron chi connectivity index (χ3n) is 9.19. The van der Waals surface area contributed by atoms with E-state index in [0.717, 1.165) is 7.11 Å². The zero-order valence-electron chi connectivity index (χ0n) is 22.2. The van der Waals surface area contributed by atoms with Gasteiger partial charge in [-0.15, -0.1) is 0 Å². The first-order chi connectivity index (χ1) is 19.1. The summed E-state index contributed by atoms with van der Waals surface area (Å²) in [7, 11) is 2.57. The highest BCUT2D eigenvalue weighted by molar-refractivity contribution is 6.24. The summed E-state index contributed by atoms with van der Waals surface area (Å²) < 4.78 is 9.96. The van der Waals surface area contributed by atoms with Crippen LogP contribution in [-0.4, -0.2) is 53.9 Å². The van der Waals surface area contributed by atoms with E-state index in [1.807, 2.05) is 6.08 Å². The number of phenols is 1. The number of carbonyl (C=O) groups is 5. The van der Waals surface area contributed by atoms with Crippen molar-refractivity contribution in [2.24, 2.45) is 29.1 Å². The molecule has 1 N–H and O–H groups in total. The van der Waals surface area contributed by atoms with Gasteiger partial charge in [-0.25, -0.2) is 9.69 Å². The van der Waals surface area contributed by atoms with Crippen LogP contribution in [0.3, 0.4) is 0 Å². The summed E-state index contributed by atoms with van der Waals surface area (Å²) in [4.78, 5) is 69.1. The Hall–Kier alpha value is -4.47. The number of phenolic OH excluding ortho intramolecular Hbond substituents is 1. The quantitative estimate of drug-likeness (QED) is 0.460. The number of methoxy groups -OCH3 is 2. The summed E-state index contributed by atoms with van der Waals surface area (Å²) >= 11 is 0. The first kappa shape index (κ1) is 25.8. The molecular weight excluding hydrogens is 516 g/mol. The number of aromatic hydroxyl groups is 1. The number of nitrogens with zero attached hydrogens (tertiary/aromatic N) is 2. The fraction of sp³-hybridized carbons (Fsp3) is 0.367. The number of amides is 5. The van der Waals surface area contributed by atoms with Gasteiger partial charge in [0.15, 0.2) is 0 Å². The van der Waals surface area contributed by atoms with Crippen molar-refractivity contribution in [2.45, 2.75) is 25.7 Å². The van der Waals surface area contributed by atoms with E-state index in [9.17, 15) is 29.1 Å². The summed E-state index contributed by atoms with van der Waals surface area (Å²) in [5.74, 6) is -5.72. The lowest BCUT2D eigenvalue weighted by Gasteiger charge is -2.49. The van der Waals surface area contributed by atoms with Crippen LogP contribution >= 0.6 is 0 Å². The van der Waals surface area contributed by atoms with Gasteiger partial charge in [-0.3, -0.25) is 19.2 Å². The monoisotopic (exact) mass is 544 g/mol. The maximum atomic E-state index is 14.3. The molecule has 5 amide bonds. The van der Waals surface area contributed by atoms with E-state index >= 15 is 0 Å². The molecule has 10 nitrogen and oxygen atoms in total.